The van der Waals surface area contributed by atoms with E-state index in [-0.39, 0.29) is 5.91 Å². The summed E-state index contributed by atoms with van der Waals surface area (Å²) in [5.41, 5.74) is 4.08. The molecular formula is C16H26N4O. The number of nitrogens with two attached hydrogens (primary N) is 1. The summed E-state index contributed by atoms with van der Waals surface area (Å²) in [4.78, 5) is 18.9. The smallest absolute Gasteiger partial charge is 0.254 e. The zero-order valence-electron chi connectivity index (χ0n) is 13.2. The highest BCUT2D eigenvalue weighted by Gasteiger charge is 2.25. The largest absolute Gasteiger partial charge is 0.339 e. The summed E-state index contributed by atoms with van der Waals surface area (Å²) in [5.74, 6) is 6.83. The number of hydrogen-bond acceptors (Lipinski definition) is 4. The molecule has 1 aromatic rings. The molecule has 0 bridgehead atoms. The molecule has 21 heavy (non-hydrogen) atoms. The maximum atomic E-state index is 12.7. The molecule has 0 spiro atoms. The van der Waals surface area contributed by atoms with Crippen molar-refractivity contribution in [3.05, 3.63) is 23.4 Å². The number of carbonyl (C=O) groups is 1. The van der Waals surface area contributed by atoms with Gasteiger partial charge in [0.2, 0.25) is 0 Å². The maximum absolute atomic E-state index is 12.7. The van der Waals surface area contributed by atoms with Crippen LogP contribution >= 0.6 is 0 Å². The first-order valence-electron chi connectivity index (χ1n) is 7.79. The van der Waals surface area contributed by atoms with Gasteiger partial charge in [-0.05, 0) is 50.2 Å². The van der Waals surface area contributed by atoms with Gasteiger partial charge in [0, 0.05) is 24.3 Å². The van der Waals surface area contributed by atoms with Gasteiger partial charge in [-0.2, -0.15) is 0 Å². The number of pyridine rings is 1. The third-order valence-corrected chi connectivity index (χ3v) is 4.49. The van der Waals surface area contributed by atoms with E-state index in [4.69, 9.17) is 5.84 Å². The Labute approximate surface area is 126 Å². The molecule has 1 saturated carbocycles. The van der Waals surface area contributed by atoms with Crippen molar-refractivity contribution in [2.75, 3.05) is 12.5 Å². The van der Waals surface area contributed by atoms with E-state index in [2.05, 4.69) is 17.3 Å². The highest BCUT2D eigenvalue weighted by molar-refractivity contribution is 5.95. The Kier molecular flexibility index (Phi) is 5.17. The molecule has 1 aliphatic rings. The lowest BCUT2D eigenvalue weighted by Gasteiger charge is -2.33. The molecule has 3 N–H and O–H groups in total. The van der Waals surface area contributed by atoms with Gasteiger partial charge in [0.1, 0.15) is 5.82 Å². The second-order valence-corrected chi connectivity index (χ2v) is 6.06. The van der Waals surface area contributed by atoms with Crippen LogP contribution in [0.1, 0.15) is 55.6 Å². The summed E-state index contributed by atoms with van der Waals surface area (Å²) < 4.78 is 0. The lowest BCUT2D eigenvalue weighted by molar-refractivity contribution is 0.0679. The summed E-state index contributed by atoms with van der Waals surface area (Å²) in [5, 5.41) is 0. The molecule has 0 atom stereocenters. The van der Waals surface area contributed by atoms with Crippen molar-refractivity contribution in [2.24, 2.45) is 11.8 Å². The Balaban J connectivity index is 2.15. The zero-order chi connectivity index (χ0) is 15.4. The first-order chi connectivity index (χ1) is 10.0. The van der Waals surface area contributed by atoms with Gasteiger partial charge < -0.3 is 10.3 Å². The van der Waals surface area contributed by atoms with Gasteiger partial charge in [0.05, 0.1) is 0 Å². The van der Waals surface area contributed by atoms with Crippen LogP contribution in [0.5, 0.6) is 0 Å². The third kappa shape index (κ3) is 3.73. The Morgan fingerprint density at radius 2 is 2.05 bits per heavy atom. The second-order valence-electron chi connectivity index (χ2n) is 6.06. The number of aromatic nitrogens is 1. The molecule has 5 nitrogen and oxygen atoms in total. The average molecular weight is 290 g/mol. The fourth-order valence-electron chi connectivity index (χ4n) is 2.97. The summed E-state index contributed by atoms with van der Waals surface area (Å²) in [6, 6.07) is 3.94. The molecule has 1 aliphatic carbocycles. The van der Waals surface area contributed by atoms with Crippen molar-refractivity contribution in [1.29, 1.82) is 0 Å². The fraction of sp³-hybridized carbons (Fsp3) is 0.625. The van der Waals surface area contributed by atoms with E-state index < -0.39 is 0 Å². The van der Waals surface area contributed by atoms with E-state index >= 15 is 0 Å². The zero-order valence-corrected chi connectivity index (χ0v) is 13.2. The van der Waals surface area contributed by atoms with Crippen LogP contribution < -0.4 is 11.3 Å². The van der Waals surface area contributed by atoms with Gasteiger partial charge in [-0.1, -0.05) is 13.8 Å². The molecule has 2 rings (SSSR count). The molecule has 1 fully saturated rings. The minimum Gasteiger partial charge on any atom is -0.339 e. The molecule has 1 heterocycles. The Morgan fingerprint density at radius 3 is 2.62 bits per heavy atom. The van der Waals surface area contributed by atoms with Crippen molar-refractivity contribution in [1.82, 2.24) is 9.88 Å². The predicted molar refractivity (Wildman–Crippen MR) is 84.9 cm³/mol. The second kappa shape index (κ2) is 6.89. The van der Waals surface area contributed by atoms with E-state index in [1.165, 1.54) is 12.8 Å². The standard InChI is InChI=1S/C16H26N4O/c1-4-13-9-12(10-15(18-13)19-17)16(21)20(3)14-7-5-11(2)6-8-14/h9-11,14H,4-8,17H2,1-3H3,(H,18,19). The van der Waals surface area contributed by atoms with Crippen molar-refractivity contribution < 1.29 is 4.79 Å². The highest BCUT2D eigenvalue weighted by atomic mass is 16.2. The summed E-state index contributed by atoms with van der Waals surface area (Å²) in [7, 11) is 1.91. The van der Waals surface area contributed by atoms with Gasteiger partial charge in [0.25, 0.3) is 5.91 Å². The molecule has 0 aromatic carbocycles. The van der Waals surface area contributed by atoms with Crippen LogP contribution in [0.3, 0.4) is 0 Å². The number of amides is 1. The number of carbonyl (C=O) groups excluding carboxylic acids is 1. The Morgan fingerprint density at radius 1 is 1.38 bits per heavy atom. The number of nitrogen functional groups attached to an aromatic ring is 1. The van der Waals surface area contributed by atoms with E-state index in [1.54, 1.807) is 6.07 Å². The van der Waals surface area contributed by atoms with Gasteiger partial charge in [-0.3, -0.25) is 4.79 Å². The van der Waals surface area contributed by atoms with Crippen LogP contribution in [-0.2, 0) is 6.42 Å². The van der Waals surface area contributed by atoms with Crippen molar-refractivity contribution in [3.8, 4) is 0 Å². The maximum Gasteiger partial charge on any atom is 0.254 e. The number of aryl methyl sites for hydroxylation is 1. The number of nitrogens with one attached hydrogen (secondary N) is 1. The Bertz CT molecular complexity index is 473. The van der Waals surface area contributed by atoms with Gasteiger partial charge >= 0.3 is 0 Å². The number of hydrazine groups is 1. The lowest BCUT2D eigenvalue weighted by atomic mass is 9.86. The fourth-order valence-corrected chi connectivity index (χ4v) is 2.97. The quantitative estimate of drug-likeness (QED) is 0.660. The number of anilines is 1. The monoisotopic (exact) mass is 290 g/mol. The van der Waals surface area contributed by atoms with E-state index in [9.17, 15) is 4.79 Å². The predicted octanol–water partition coefficient (Wildman–Crippen LogP) is 2.58. The first kappa shape index (κ1) is 15.8. The summed E-state index contributed by atoms with van der Waals surface area (Å²) in [6.07, 6.45) is 5.37. The van der Waals surface area contributed by atoms with Crippen molar-refractivity contribution >= 4 is 11.7 Å². The van der Waals surface area contributed by atoms with Crippen LogP contribution in [0.2, 0.25) is 0 Å². The molecule has 0 aliphatic heterocycles. The Hall–Kier alpha value is -1.62. The highest BCUT2D eigenvalue weighted by Crippen LogP contribution is 2.27. The summed E-state index contributed by atoms with van der Waals surface area (Å²) >= 11 is 0. The minimum absolute atomic E-state index is 0.0585. The summed E-state index contributed by atoms with van der Waals surface area (Å²) in [6.45, 7) is 4.30. The van der Waals surface area contributed by atoms with Crippen LogP contribution in [0.25, 0.3) is 0 Å². The molecule has 116 valence electrons. The number of nitrogens with zero attached hydrogens (tertiary/aromatic N) is 2. The molecule has 0 saturated heterocycles. The molecule has 0 radical (unpaired) electrons. The topological polar surface area (TPSA) is 71.2 Å². The van der Waals surface area contributed by atoms with Crippen LogP contribution in [-0.4, -0.2) is 28.9 Å². The van der Waals surface area contributed by atoms with Crippen molar-refractivity contribution in [2.45, 2.75) is 52.0 Å². The number of rotatable bonds is 4. The van der Waals surface area contributed by atoms with Crippen LogP contribution in [0, 0.1) is 5.92 Å². The molecule has 0 unspecified atom stereocenters. The van der Waals surface area contributed by atoms with E-state index in [0.717, 1.165) is 30.9 Å². The normalized spacial score (nSPS) is 21.9. The molecule has 1 amide bonds. The minimum atomic E-state index is 0.0585. The van der Waals surface area contributed by atoms with E-state index in [1.807, 2.05) is 24.9 Å². The van der Waals surface area contributed by atoms with Crippen molar-refractivity contribution in [3.63, 3.8) is 0 Å². The lowest BCUT2D eigenvalue weighted by Crippen LogP contribution is -2.39. The van der Waals surface area contributed by atoms with Gasteiger partial charge in [0.15, 0.2) is 0 Å². The van der Waals surface area contributed by atoms with Gasteiger partial charge in [-0.15, -0.1) is 0 Å². The third-order valence-electron chi connectivity index (χ3n) is 4.49. The van der Waals surface area contributed by atoms with E-state index in [0.29, 0.717) is 17.4 Å². The first-order valence-corrected chi connectivity index (χ1v) is 7.79. The van der Waals surface area contributed by atoms with Crippen LogP contribution in [0.4, 0.5) is 5.82 Å². The molecular weight excluding hydrogens is 264 g/mol. The molecule has 1 aromatic heterocycles. The number of hydrogen-bond donors (Lipinski definition) is 2. The molecule has 5 heteroatoms. The van der Waals surface area contributed by atoms with Crippen LogP contribution in [0.15, 0.2) is 12.1 Å². The average Bonchev–Trinajstić information content (AvgIpc) is 2.53. The van der Waals surface area contributed by atoms with Gasteiger partial charge in [-0.25, -0.2) is 10.8 Å². The SMILES string of the molecule is CCc1cc(C(=O)N(C)C2CCC(C)CC2)cc(NN)n1.